The number of nitrogens with one attached hydrogen (secondary N) is 3. The summed E-state index contributed by atoms with van der Waals surface area (Å²) in [7, 11) is 0. The lowest BCUT2D eigenvalue weighted by molar-refractivity contribution is -0.123. The number of piperidine rings is 1. The molecule has 1 aliphatic rings. The lowest BCUT2D eigenvalue weighted by Crippen LogP contribution is -2.35. The van der Waals surface area contributed by atoms with Crippen LogP contribution in [0.4, 0.5) is 18.9 Å². The smallest absolute Gasteiger partial charge is 0.343 e. The van der Waals surface area contributed by atoms with Crippen LogP contribution in [0.2, 0.25) is 0 Å². The fourth-order valence-electron chi connectivity index (χ4n) is 2.50. The number of anilines is 1. The monoisotopic (exact) mass is 379 g/mol. The third kappa shape index (κ3) is 6.55. The molecule has 0 saturated carbocycles. The minimum absolute atomic E-state index is 0. The summed E-state index contributed by atoms with van der Waals surface area (Å²) in [6.07, 6.45) is -3.00. The van der Waals surface area contributed by atoms with E-state index in [4.69, 9.17) is 0 Å². The first-order valence-electron chi connectivity index (χ1n) is 7.73. The molecule has 0 aromatic heterocycles. The lowest BCUT2D eigenvalue weighted by atomic mass is 9.97. The Hall–Kier alpha value is -1.80. The fourth-order valence-corrected chi connectivity index (χ4v) is 2.50. The molecule has 2 amide bonds. The highest BCUT2D eigenvalue weighted by Crippen LogP contribution is 2.21. The molecule has 1 saturated heterocycles. The number of hydrogen-bond acceptors (Lipinski definition) is 3. The van der Waals surface area contributed by atoms with Gasteiger partial charge in [-0.3, -0.25) is 9.59 Å². The summed E-state index contributed by atoms with van der Waals surface area (Å²) >= 11 is 0. The van der Waals surface area contributed by atoms with Crippen molar-refractivity contribution >= 4 is 29.9 Å². The van der Waals surface area contributed by atoms with Crippen LogP contribution in [0.1, 0.15) is 28.8 Å². The number of carbonyl (C=O) groups is 2. The molecule has 9 heteroatoms. The van der Waals surface area contributed by atoms with Crippen molar-refractivity contribution < 1.29 is 22.8 Å². The summed E-state index contributed by atoms with van der Waals surface area (Å²) < 4.78 is 36.5. The van der Waals surface area contributed by atoms with Crippen molar-refractivity contribution in [3.05, 3.63) is 29.3 Å². The first-order chi connectivity index (χ1) is 11.3. The van der Waals surface area contributed by atoms with E-state index in [1.54, 1.807) is 13.0 Å². The van der Waals surface area contributed by atoms with Gasteiger partial charge in [0.15, 0.2) is 0 Å². The number of rotatable bonds is 4. The number of benzene rings is 1. The van der Waals surface area contributed by atoms with Crippen molar-refractivity contribution in [2.75, 3.05) is 25.0 Å². The second-order valence-electron chi connectivity index (χ2n) is 5.84. The highest BCUT2D eigenvalue weighted by Gasteiger charge is 2.28. The fraction of sp³-hybridized carbons (Fsp3) is 0.500. The van der Waals surface area contributed by atoms with E-state index in [0.717, 1.165) is 31.5 Å². The maximum absolute atomic E-state index is 12.3. The van der Waals surface area contributed by atoms with Gasteiger partial charge >= 0.3 is 6.18 Å². The predicted molar refractivity (Wildman–Crippen MR) is 91.0 cm³/mol. The molecule has 140 valence electrons. The lowest BCUT2D eigenvalue weighted by Gasteiger charge is -2.22. The summed E-state index contributed by atoms with van der Waals surface area (Å²) in [4.78, 5) is 24.1. The van der Waals surface area contributed by atoms with Crippen LogP contribution in [0.3, 0.4) is 0 Å². The molecule has 0 atom stereocenters. The van der Waals surface area contributed by atoms with Gasteiger partial charge in [-0.2, -0.15) is 13.2 Å². The van der Waals surface area contributed by atoms with E-state index in [-0.39, 0.29) is 29.8 Å². The second-order valence-corrected chi connectivity index (χ2v) is 5.84. The molecule has 1 heterocycles. The van der Waals surface area contributed by atoms with Crippen LogP contribution >= 0.6 is 12.4 Å². The van der Waals surface area contributed by atoms with Crippen molar-refractivity contribution in [3.8, 4) is 0 Å². The highest BCUT2D eigenvalue weighted by molar-refractivity contribution is 5.98. The normalized spacial score (nSPS) is 15.2. The van der Waals surface area contributed by atoms with Crippen LogP contribution in [0.15, 0.2) is 18.2 Å². The summed E-state index contributed by atoms with van der Waals surface area (Å²) in [5, 5.41) is 7.77. The Morgan fingerprint density at radius 3 is 2.48 bits per heavy atom. The molecule has 1 aromatic carbocycles. The average Bonchev–Trinajstić information content (AvgIpc) is 2.54. The minimum Gasteiger partial charge on any atom is -0.343 e. The van der Waals surface area contributed by atoms with E-state index < -0.39 is 18.6 Å². The molecule has 5 nitrogen and oxygen atoms in total. The maximum Gasteiger partial charge on any atom is 0.405 e. The molecule has 1 fully saturated rings. The van der Waals surface area contributed by atoms with Crippen molar-refractivity contribution in [1.29, 1.82) is 0 Å². The molecule has 2 rings (SSSR count). The van der Waals surface area contributed by atoms with Crippen LogP contribution in [0.5, 0.6) is 0 Å². The molecule has 0 spiro atoms. The van der Waals surface area contributed by atoms with E-state index in [1.165, 1.54) is 12.1 Å². The van der Waals surface area contributed by atoms with E-state index in [9.17, 15) is 22.8 Å². The molecule has 3 N–H and O–H groups in total. The van der Waals surface area contributed by atoms with Gasteiger partial charge in [-0.1, -0.05) is 6.07 Å². The van der Waals surface area contributed by atoms with Crippen LogP contribution < -0.4 is 16.0 Å². The van der Waals surface area contributed by atoms with Crippen LogP contribution in [-0.2, 0) is 4.79 Å². The summed E-state index contributed by atoms with van der Waals surface area (Å²) in [5.41, 5.74) is 1.26. The van der Waals surface area contributed by atoms with Crippen molar-refractivity contribution in [3.63, 3.8) is 0 Å². The zero-order chi connectivity index (χ0) is 17.7. The van der Waals surface area contributed by atoms with E-state index in [2.05, 4.69) is 10.6 Å². The second kappa shape index (κ2) is 9.05. The third-order valence-electron chi connectivity index (χ3n) is 3.92. The van der Waals surface area contributed by atoms with Crippen LogP contribution in [0, 0.1) is 12.8 Å². The highest BCUT2D eigenvalue weighted by atomic mass is 35.5. The quantitative estimate of drug-likeness (QED) is 0.753. The standard InChI is InChI=1S/C16H20F3N3O2.ClH/c1-10-2-3-12(14(23)21-9-16(17,18)19)8-13(10)22-15(24)11-4-6-20-7-5-11;/h2-3,8,11,20H,4-7,9H2,1H3,(H,21,23)(H,22,24);1H. The van der Waals surface area contributed by atoms with Gasteiger partial charge in [0.25, 0.3) is 5.91 Å². The molecule has 0 aliphatic carbocycles. The van der Waals surface area contributed by atoms with Gasteiger partial charge in [-0.15, -0.1) is 12.4 Å². The topological polar surface area (TPSA) is 70.2 Å². The first kappa shape index (κ1) is 21.2. The third-order valence-corrected chi connectivity index (χ3v) is 3.92. The molecule has 1 aromatic rings. The van der Waals surface area contributed by atoms with Gasteiger partial charge in [-0.05, 0) is 50.6 Å². The van der Waals surface area contributed by atoms with Crippen LogP contribution in [-0.4, -0.2) is 37.6 Å². The van der Waals surface area contributed by atoms with E-state index >= 15 is 0 Å². The maximum atomic E-state index is 12.3. The SMILES string of the molecule is Cc1ccc(C(=O)NCC(F)(F)F)cc1NC(=O)C1CCNCC1.Cl. The van der Waals surface area contributed by atoms with Gasteiger partial charge in [0.05, 0.1) is 0 Å². The number of halogens is 4. The molecular weight excluding hydrogens is 359 g/mol. The molecule has 0 bridgehead atoms. The Morgan fingerprint density at radius 2 is 1.88 bits per heavy atom. The van der Waals surface area contributed by atoms with Gasteiger partial charge in [0, 0.05) is 17.2 Å². The number of aryl methyl sites for hydroxylation is 1. The van der Waals surface area contributed by atoms with E-state index in [1.807, 2.05) is 5.32 Å². The number of carbonyl (C=O) groups excluding carboxylic acids is 2. The first-order valence-corrected chi connectivity index (χ1v) is 7.73. The number of hydrogen-bond donors (Lipinski definition) is 3. The van der Waals surface area contributed by atoms with Crippen molar-refractivity contribution in [2.45, 2.75) is 25.9 Å². The Bertz CT molecular complexity index is 617. The van der Waals surface area contributed by atoms with Crippen molar-refractivity contribution in [2.24, 2.45) is 5.92 Å². The molecule has 1 aliphatic heterocycles. The molecule has 25 heavy (non-hydrogen) atoms. The Kier molecular flexibility index (Phi) is 7.69. The predicted octanol–water partition coefficient (Wildman–Crippen LogP) is 2.65. The summed E-state index contributed by atoms with van der Waals surface area (Å²) in [5.74, 6) is -1.06. The average molecular weight is 380 g/mol. The van der Waals surface area contributed by atoms with Gasteiger partial charge in [0.2, 0.25) is 5.91 Å². The van der Waals surface area contributed by atoms with Gasteiger partial charge in [-0.25, -0.2) is 0 Å². The Labute approximate surface area is 150 Å². The number of alkyl halides is 3. The Morgan fingerprint density at radius 1 is 1.24 bits per heavy atom. The van der Waals surface area contributed by atoms with E-state index in [0.29, 0.717) is 5.69 Å². The molecular formula is C16H21ClF3N3O2. The van der Waals surface area contributed by atoms with Gasteiger partial charge in [0.1, 0.15) is 6.54 Å². The molecule has 0 radical (unpaired) electrons. The van der Waals surface area contributed by atoms with Crippen molar-refractivity contribution in [1.82, 2.24) is 10.6 Å². The number of amides is 2. The minimum atomic E-state index is -4.47. The summed E-state index contributed by atoms with van der Waals surface area (Å²) in [6, 6.07) is 4.43. The Balaban J connectivity index is 0.00000312. The zero-order valence-electron chi connectivity index (χ0n) is 13.7. The molecule has 0 unspecified atom stereocenters. The largest absolute Gasteiger partial charge is 0.405 e. The summed E-state index contributed by atoms with van der Waals surface area (Å²) in [6.45, 7) is 1.92. The van der Waals surface area contributed by atoms with Crippen LogP contribution in [0.25, 0.3) is 0 Å². The van der Waals surface area contributed by atoms with Gasteiger partial charge < -0.3 is 16.0 Å². The zero-order valence-corrected chi connectivity index (χ0v) is 14.5.